The predicted octanol–water partition coefficient (Wildman–Crippen LogP) is 4.98. The quantitative estimate of drug-likeness (QED) is 0.425. The highest BCUT2D eigenvalue weighted by Gasteiger charge is 2.28. The number of carbonyl (C=O) groups excluding carboxylic acids is 2. The Hall–Kier alpha value is -2.10. The minimum absolute atomic E-state index is 0.0866. The Kier molecular flexibility index (Phi) is 10.2. The molecule has 0 saturated carbocycles. The molecule has 2 rings (SSSR count). The van der Waals surface area contributed by atoms with Crippen molar-refractivity contribution in [2.45, 2.75) is 58.7 Å². The first-order chi connectivity index (χ1) is 16.2. The van der Waals surface area contributed by atoms with Crippen molar-refractivity contribution in [3.63, 3.8) is 0 Å². The third-order valence-electron chi connectivity index (χ3n) is 5.20. The second kappa shape index (κ2) is 12.2. The third kappa shape index (κ3) is 9.46. The zero-order valence-corrected chi connectivity index (χ0v) is 23.9. The van der Waals surface area contributed by atoms with Crippen molar-refractivity contribution < 1.29 is 18.0 Å². The molecule has 0 heterocycles. The van der Waals surface area contributed by atoms with Crippen molar-refractivity contribution in [2.75, 3.05) is 17.1 Å². The lowest BCUT2D eigenvalue weighted by Crippen LogP contribution is -2.52. The molecule has 0 aliphatic rings. The molecule has 0 unspecified atom stereocenters. The summed E-state index contributed by atoms with van der Waals surface area (Å²) >= 11 is 9.34. The summed E-state index contributed by atoms with van der Waals surface area (Å²) in [5, 5.41) is 3.43. The SMILES string of the molecule is C[C@@H](C(=O)NC(C)(C)C)N(Cc1ccc(Br)cc1)C(=O)CCCN(c1ccc(Cl)cc1)S(C)(=O)=O. The van der Waals surface area contributed by atoms with E-state index in [9.17, 15) is 18.0 Å². The summed E-state index contributed by atoms with van der Waals surface area (Å²) in [5.74, 6) is -0.476. The zero-order chi connectivity index (χ0) is 26.4. The maximum atomic E-state index is 13.3. The average molecular weight is 587 g/mol. The van der Waals surface area contributed by atoms with Crippen molar-refractivity contribution in [3.8, 4) is 0 Å². The van der Waals surface area contributed by atoms with Crippen molar-refractivity contribution in [1.82, 2.24) is 10.2 Å². The van der Waals surface area contributed by atoms with Gasteiger partial charge in [-0.1, -0.05) is 39.7 Å². The van der Waals surface area contributed by atoms with Gasteiger partial charge in [-0.15, -0.1) is 0 Å². The summed E-state index contributed by atoms with van der Waals surface area (Å²) < 4.78 is 26.9. The van der Waals surface area contributed by atoms with Crippen LogP contribution in [0.15, 0.2) is 53.0 Å². The van der Waals surface area contributed by atoms with Gasteiger partial charge in [0.1, 0.15) is 6.04 Å². The van der Waals surface area contributed by atoms with Gasteiger partial charge in [-0.05, 0) is 76.1 Å². The number of benzene rings is 2. The second-order valence-corrected chi connectivity index (χ2v) is 12.7. The number of hydrogen-bond acceptors (Lipinski definition) is 4. The monoisotopic (exact) mass is 585 g/mol. The van der Waals surface area contributed by atoms with E-state index in [1.165, 1.54) is 9.21 Å². The van der Waals surface area contributed by atoms with Crippen LogP contribution in [0.2, 0.25) is 5.02 Å². The van der Waals surface area contributed by atoms with E-state index in [-0.39, 0.29) is 31.3 Å². The Morgan fingerprint density at radius 2 is 1.63 bits per heavy atom. The number of nitrogens with zero attached hydrogens (tertiary/aromatic N) is 2. The Morgan fingerprint density at radius 1 is 1.06 bits per heavy atom. The van der Waals surface area contributed by atoms with Gasteiger partial charge in [0.15, 0.2) is 0 Å². The molecule has 1 N–H and O–H groups in total. The van der Waals surface area contributed by atoms with E-state index in [2.05, 4.69) is 21.2 Å². The van der Waals surface area contributed by atoms with Crippen molar-refractivity contribution in [2.24, 2.45) is 0 Å². The molecule has 2 aromatic carbocycles. The van der Waals surface area contributed by atoms with E-state index in [0.717, 1.165) is 16.3 Å². The molecule has 0 radical (unpaired) electrons. The molecule has 7 nitrogen and oxygen atoms in total. The molecule has 35 heavy (non-hydrogen) atoms. The summed E-state index contributed by atoms with van der Waals surface area (Å²) in [6, 6.07) is 13.4. The van der Waals surface area contributed by atoms with Crippen LogP contribution in [0.25, 0.3) is 0 Å². The van der Waals surface area contributed by atoms with Crippen LogP contribution in [-0.4, -0.2) is 49.5 Å². The van der Waals surface area contributed by atoms with Crippen LogP contribution in [0.5, 0.6) is 0 Å². The fourth-order valence-electron chi connectivity index (χ4n) is 3.45. The fourth-order valence-corrected chi connectivity index (χ4v) is 4.81. The van der Waals surface area contributed by atoms with Crippen LogP contribution in [0, 0.1) is 0 Å². The standard InChI is InChI=1S/C25H33BrClN3O4S/c1-18(24(32)28-25(2,3)4)29(17-19-8-10-20(26)11-9-19)23(31)7-6-16-30(35(5,33)34)22-14-12-21(27)13-15-22/h8-15,18H,6-7,16-17H2,1-5H3,(H,28,32)/t18-/m0/s1. The lowest BCUT2D eigenvalue weighted by molar-refractivity contribution is -0.141. The molecule has 2 amide bonds. The Bertz CT molecular complexity index is 1120. The summed E-state index contributed by atoms with van der Waals surface area (Å²) in [5.41, 5.74) is 0.927. The van der Waals surface area contributed by atoms with E-state index < -0.39 is 21.6 Å². The fraction of sp³-hybridized carbons (Fsp3) is 0.440. The first-order valence-electron chi connectivity index (χ1n) is 11.3. The van der Waals surface area contributed by atoms with Crippen LogP contribution in [0.1, 0.15) is 46.1 Å². The van der Waals surface area contributed by atoms with Crippen molar-refractivity contribution >= 4 is 55.1 Å². The van der Waals surface area contributed by atoms with Gasteiger partial charge in [0, 0.05) is 34.5 Å². The highest BCUT2D eigenvalue weighted by Crippen LogP contribution is 2.22. The molecular formula is C25H33BrClN3O4S. The molecule has 0 aliphatic heterocycles. The molecule has 0 aliphatic carbocycles. The molecule has 0 saturated heterocycles. The van der Waals surface area contributed by atoms with Crippen molar-refractivity contribution in [1.29, 1.82) is 0 Å². The number of amides is 2. The largest absolute Gasteiger partial charge is 0.350 e. The number of rotatable bonds is 10. The number of carbonyl (C=O) groups is 2. The van der Waals surface area contributed by atoms with Crippen LogP contribution >= 0.6 is 27.5 Å². The average Bonchev–Trinajstić information content (AvgIpc) is 2.74. The molecule has 192 valence electrons. The minimum atomic E-state index is -3.55. The van der Waals surface area contributed by atoms with Gasteiger partial charge in [0.25, 0.3) is 0 Å². The summed E-state index contributed by atoms with van der Waals surface area (Å²) in [6.07, 6.45) is 1.50. The third-order valence-corrected chi connectivity index (χ3v) is 7.17. The number of nitrogens with one attached hydrogen (secondary N) is 1. The molecular weight excluding hydrogens is 554 g/mol. The van der Waals surface area contributed by atoms with Crippen LogP contribution in [0.4, 0.5) is 5.69 Å². The summed E-state index contributed by atoms with van der Waals surface area (Å²) in [6.45, 7) is 7.74. The number of anilines is 1. The molecule has 0 fully saturated rings. The second-order valence-electron chi connectivity index (χ2n) is 9.48. The Labute approximate surface area is 222 Å². The van der Waals surface area contributed by atoms with Gasteiger partial charge in [0.2, 0.25) is 21.8 Å². The van der Waals surface area contributed by atoms with E-state index in [1.807, 2.05) is 45.0 Å². The predicted molar refractivity (Wildman–Crippen MR) is 145 cm³/mol. The van der Waals surface area contributed by atoms with Gasteiger partial charge in [0.05, 0.1) is 11.9 Å². The topological polar surface area (TPSA) is 86.8 Å². The minimum Gasteiger partial charge on any atom is -0.350 e. The van der Waals surface area contributed by atoms with Crippen molar-refractivity contribution in [3.05, 3.63) is 63.6 Å². The lowest BCUT2D eigenvalue weighted by Gasteiger charge is -2.32. The van der Waals surface area contributed by atoms with Gasteiger partial charge >= 0.3 is 0 Å². The van der Waals surface area contributed by atoms with E-state index in [1.54, 1.807) is 31.2 Å². The summed E-state index contributed by atoms with van der Waals surface area (Å²) in [7, 11) is -3.55. The number of sulfonamides is 1. The smallest absolute Gasteiger partial charge is 0.242 e. The number of halogens is 2. The molecule has 2 aromatic rings. The maximum absolute atomic E-state index is 13.3. The van der Waals surface area contributed by atoms with E-state index in [4.69, 9.17) is 11.6 Å². The Balaban J connectivity index is 2.17. The van der Waals surface area contributed by atoms with Gasteiger partial charge in [-0.25, -0.2) is 8.42 Å². The molecule has 10 heteroatoms. The summed E-state index contributed by atoms with van der Waals surface area (Å²) in [4.78, 5) is 27.7. The molecule has 0 aromatic heterocycles. The number of hydrogen-bond donors (Lipinski definition) is 1. The van der Waals surface area contributed by atoms with Gasteiger partial charge in [-0.3, -0.25) is 13.9 Å². The normalized spacial score (nSPS) is 12.7. The van der Waals surface area contributed by atoms with E-state index in [0.29, 0.717) is 17.1 Å². The highest BCUT2D eigenvalue weighted by atomic mass is 79.9. The highest BCUT2D eigenvalue weighted by molar-refractivity contribution is 9.10. The maximum Gasteiger partial charge on any atom is 0.242 e. The van der Waals surface area contributed by atoms with Crippen LogP contribution in [-0.2, 0) is 26.2 Å². The first kappa shape index (κ1) is 29.1. The first-order valence-corrected chi connectivity index (χ1v) is 14.3. The molecule has 0 bridgehead atoms. The lowest BCUT2D eigenvalue weighted by atomic mass is 10.1. The van der Waals surface area contributed by atoms with Crippen LogP contribution < -0.4 is 9.62 Å². The van der Waals surface area contributed by atoms with E-state index >= 15 is 0 Å². The van der Waals surface area contributed by atoms with Crippen LogP contribution in [0.3, 0.4) is 0 Å². The molecule has 1 atom stereocenters. The zero-order valence-electron chi connectivity index (χ0n) is 20.7. The van der Waals surface area contributed by atoms with Gasteiger partial charge < -0.3 is 10.2 Å². The Morgan fingerprint density at radius 3 is 2.14 bits per heavy atom. The molecule has 0 spiro atoms. The van der Waals surface area contributed by atoms with Gasteiger partial charge in [-0.2, -0.15) is 0 Å².